The Morgan fingerprint density at radius 2 is 2.11 bits per heavy atom. The second-order valence-electron chi connectivity index (χ2n) is 5.85. The summed E-state index contributed by atoms with van der Waals surface area (Å²) in [4.78, 5) is 16.9. The Kier molecular flexibility index (Phi) is 6.42. The zero-order chi connectivity index (χ0) is 19.2. The van der Waals surface area contributed by atoms with Gasteiger partial charge in [0.1, 0.15) is 5.75 Å². The van der Waals surface area contributed by atoms with Crippen LogP contribution in [0.4, 0.5) is 0 Å². The van der Waals surface area contributed by atoms with Crippen LogP contribution in [0.5, 0.6) is 5.75 Å². The van der Waals surface area contributed by atoms with Crippen LogP contribution in [0.2, 0.25) is 5.02 Å². The van der Waals surface area contributed by atoms with Gasteiger partial charge in [0.15, 0.2) is 5.16 Å². The van der Waals surface area contributed by atoms with Gasteiger partial charge in [-0.1, -0.05) is 47.6 Å². The van der Waals surface area contributed by atoms with E-state index in [0.29, 0.717) is 11.6 Å². The number of hydrogen-bond donors (Lipinski definition) is 1. The lowest BCUT2D eigenvalue weighted by Crippen LogP contribution is -2.30. The molecule has 1 unspecified atom stereocenters. The number of carbonyl (C=O) groups is 1. The Hall–Kier alpha value is -2.44. The molecule has 0 bridgehead atoms. The highest BCUT2D eigenvalue weighted by Gasteiger charge is 2.18. The maximum atomic E-state index is 12.5. The molecule has 0 saturated carbocycles. The average molecular weight is 402 g/mol. The summed E-state index contributed by atoms with van der Waals surface area (Å²) in [5, 5.41) is 4.04. The Morgan fingerprint density at radius 3 is 2.89 bits per heavy atom. The summed E-state index contributed by atoms with van der Waals surface area (Å²) in [5.41, 5.74) is 1.84. The topological polar surface area (TPSA) is 56.1 Å². The van der Waals surface area contributed by atoms with E-state index in [4.69, 9.17) is 16.3 Å². The number of hydrogen-bond acceptors (Lipinski definition) is 4. The smallest absolute Gasteiger partial charge is 0.233 e. The minimum atomic E-state index is -0.306. The predicted molar refractivity (Wildman–Crippen MR) is 109 cm³/mol. The molecule has 1 atom stereocenters. The number of carbonyl (C=O) groups excluding carboxylic acids is 1. The van der Waals surface area contributed by atoms with Gasteiger partial charge in [0.2, 0.25) is 5.91 Å². The van der Waals surface area contributed by atoms with Gasteiger partial charge in [0, 0.05) is 35.2 Å². The molecule has 0 aliphatic carbocycles. The molecule has 3 rings (SSSR count). The van der Waals surface area contributed by atoms with Gasteiger partial charge in [-0.3, -0.25) is 9.36 Å². The van der Waals surface area contributed by atoms with E-state index in [1.54, 1.807) is 13.3 Å². The minimum Gasteiger partial charge on any atom is -0.496 e. The number of para-hydroxylation sites is 1. The summed E-state index contributed by atoms with van der Waals surface area (Å²) in [6, 6.07) is 15.1. The third kappa shape index (κ3) is 4.84. The quantitative estimate of drug-likeness (QED) is 0.598. The predicted octanol–water partition coefficient (Wildman–Crippen LogP) is 4.33. The molecular formula is C20H20ClN3O2S. The van der Waals surface area contributed by atoms with Crippen molar-refractivity contribution in [3.63, 3.8) is 0 Å². The van der Waals surface area contributed by atoms with Gasteiger partial charge in [0.25, 0.3) is 0 Å². The fraction of sp³-hybridized carbons (Fsp3) is 0.200. The van der Waals surface area contributed by atoms with E-state index in [1.807, 2.05) is 66.2 Å². The maximum Gasteiger partial charge on any atom is 0.233 e. The fourth-order valence-electron chi connectivity index (χ4n) is 2.59. The number of aromatic nitrogens is 2. The van der Waals surface area contributed by atoms with Crippen LogP contribution < -0.4 is 10.1 Å². The number of imidazole rings is 1. The fourth-order valence-corrected chi connectivity index (χ4v) is 3.68. The molecule has 0 fully saturated rings. The van der Waals surface area contributed by atoms with Crippen molar-refractivity contribution in [2.45, 2.75) is 23.9 Å². The number of amides is 1. The molecule has 0 aliphatic rings. The summed E-state index contributed by atoms with van der Waals surface area (Å²) < 4.78 is 7.23. The second kappa shape index (κ2) is 8.97. The lowest BCUT2D eigenvalue weighted by molar-refractivity contribution is -0.120. The highest BCUT2D eigenvalue weighted by atomic mass is 35.5. The molecule has 3 aromatic rings. The first-order chi connectivity index (χ1) is 13.1. The number of halogens is 1. The van der Waals surface area contributed by atoms with E-state index >= 15 is 0 Å². The van der Waals surface area contributed by atoms with Gasteiger partial charge in [-0.2, -0.15) is 0 Å². The third-order valence-electron chi connectivity index (χ3n) is 3.99. The van der Waals surface area contributed by atoms with E-state index < -0.39 is 0 Å². The molecule has 1 aromatic heterocycles. The standard InChI is InChI=1S/C20H20ClN3O2S/c1-14(19(25)23-13-15-6-3-4-9-18(15)26-2)27-20-22-10-11-24(20)17-8-5-7-16(21)12-17/h3-12,14H,13H2,1-2H3,(H,23,25). The van der Waals surface area contributed by atoms with Crippen LogP contribution in [0.15, 0.2) is 66.1 Å². The average Bonchev–Trinajstić information content (AvgIpc) is 3.14. The number of ether oxygens (including phenoxy) is 1. The highest BCUT2D eigenvalue weighted by molar-refractivity contribution is 8.00. The van der Waals surface area contributed by atoms with Crippen molar-refractivity contribution in [2.75, 3.05) is 7.11 Å². The number of thioether (sulfide) groups is 1. The maximum absolute atomic E-state index is 12.5. The lowest BCUT2D eigenvalue weighted by atomic mass is 10.2. The van der Waals surface area contributed by atoms with Crippen molar-refractivity contribution < 1.29 is 9.53 Å². The first-order valence-electron chi connectivity index (χ1n) is 8.44. The number of nitrogens with zero attached hydrogens (tertiary/aromatic N) is 2. The highest BCUT2D eigenvalue weighted by Crippen LogP contribution is 2.26. The first-order valence-corrected chi connectivity index (χ1v) is 9.70. The second-order valence-corrected chi connectivity index (χ2v) is 7.59. The van der Waals surface area contributed by atoms with Crippen molar-refractivity contribution >= 4 is 29.3 Å². The summed E-state index contributed by atoms with van der Waals surface area (Å²) in [7, 11) is 1.62. The molecule has 27 heavy (non-hydrogen) atoms. The molecule has 0 radical (unpaired) electrons. The molecule has 5 nitrogen and oxygen atoms in total. The van der Waals surface area contributed by atoms with E-state index in [2.05, 4.69) is 10.3 Å². The van der Waals surface area contributed by atoms with Gasteiger partial charge in [0.05, 0.1) is 12.4 Å². The SMILES string of the molecule is COc1ccccc1CNC(=O)C(C)Sc1nccn1-c1cccc(Cl)c1. The van der Waals surface area contributed by atoms with Crippen molar-refractivity contribution in [3.8, 4) is 11.4 Å². The molecule has 0 saturated heterocycles. The van der Waals surface area contributed by atoms with Crippen molar-refractivity contribution in [3.05, 3.63) is 71.5 Å². The zero-order valence-corrected chi connectivity index (χ0v) is 16.6. The summed E-state index contributed by atoms with van der Waals surface area (Å²) in [5.74, 6) is 0.696. The Morgan fingerprint density at radius 1 is 1.30 bits per heavy atom. The van der Waals surface area contributed by atoms with E-state index in [9.17, 15) is 4.79 Å². The molecule has 1 amide bonds. The lowest BCUT2D eigenvalue weighted by Gasteiger charge is -2.14. The van der Waals surface area contributed by atoms with Crippen LogP contribution in [0.3, 0.4) is 0 Å². The number of rotatable bonds is 7. The van der Waals surface area contributed by atoms with Gasteiger partial charge in [-0.05, 0) is 31.2 Å². The van der Waals surface area contributed by atoms with Gasteiger partial charge in [-0.15, -0.1) is 0 Å². The number of methoxy groups -OCH3 is 1. The Balaban J connectivity index is 1.65. The minimum absolute atomic E-state index is 0.0634. The van der Waals surface area contributed by atoms with Crippen LogP contribution in [-0.4, -0.2) is 27.8 Å². The van der Waals surface area contributed by atoms with Crippen molar-refractivity contribution in [1.82, 2.24) is 14.9 Å². The summed E-state index contributed by atoms with van der Waals surface area (Å²) in [6.45, 7) is 2.27. The van der Waals surface area contributed by atoms with Crippen molar-refractivity contribution in [1.29, 1.82) is 0 Å². The first kappa shape index (κ1) is 19.3. The monoisotopic (exact) mass is 401 g/mol. The third-order valence-corrected chi connectivity index (χ3v) is 5.31. The molecule has 7 heteroatoms. The van der Waals surface area contributed by atoms with E-state index in [-0.39, 0.29) is 11.2 Å². The van der Waals surface area contributed by atoms with Gasteiger partial charge in [-0.25, -0.2) is 4.98 Å². The molecule has 2 aromatic carbocycles. The molecule has 1 N–H and O–H groups in total. The molecule has 0 aliphatic heterocycles. The van der Waals surface area contributed by atoms with Crippen LogP contribution >= 0.6 is 23.4 Å². The number of nitrogens with one attached hydrogen (secondary N) is 1. The van der Waals surface area contributed by atoms with Crippen LogP contribution in [0.25, 0.3) is 5.69 Å². The number of benzene rings is 2. The van der Waals surface area contributed by atoms with Gasteiger partial charge >= 0.3 is 0 Å². The van der Waals surface area contributed by atoms with E-state index in [0.717, 1.165) is 22.2 Å². The van der Waals surface area contributed by atoms with E-state index in [1.165, 1.54) is 11.8 Å². The zero-order valence-electron chi connectivity index (χ0n) is 15.1. The van der Waals surface area contributed by atoms with Crippen LogP contribution in [-0.2, 0) is 11.3 Å². The normalized spacial score (nSPS) is 11.8. The largest absolute Gasteiger partial charge is 0.496 e. The molecule has 140 valence electrons. The summed E-state index contributed by atoms with van der Waals surface area (Å²) >= 11 is 7.48. The molecule has 0 spiro atoms. The van der Waals surface area contributed by atoms with Crippen LogP contribution in [0, 0.1) is 0 Å². The Labute approximate surface area is 167 Å². The van der Waals surface area contributed by atoms with Crippen LogP contribution in [0.1, 0.15) is 12.5 Å². The summed E-state index contributed by atoms with van der Waals surface area (Å²) in [6.07, 6.45) is 3.57. The van der Waals surface area contributed by atoms with Crippen molar-refractivity contribution in [2.24, 2.45) is 0 Å². The Bertz CT molecular complexity index is 929. The van der Waals surface area contributed by atoms with Gasteiger partial charge < -0.3 is 10.1 Å². The molecular weight excluding hydrogens is 382 g/mol. The molecule has 1 heterocycles.